The fourth-order valence-electron chi connectivity index (χ4n) is 2.44. The van der Waals surface area contributed by atoms with Crippen LogP contribution in [0.25, 0.3) is 0 Å². The minimum atomic E-state index is -0.752. The molecule has 3 aromatic carbocycles. The second kappa shape index (κ2) is 7.00. The SMILES string of the molecule is CSc1cccc(P(c2ccccc2)c2ccccc2)c1O. The van der Waals surface area contributed by atoms with Gasteiger partial charge in [-0.2, -0.15) is 0 Å². The third-order valence-corrected chi connectivity index (χ3v) is 6.71. The molecule has 0 unspecified atom stereocenters. The van der Waals surface area contributed by atoms with Crippen molar-refractivity contribution in [3.8, 4) is 5.75 Å². The van der Waals surface area contributed by atoms with Crippen molar-refractivity contribution >= 4 is 35.6 Å². The zero-order valence-electron chi connectivity index (χ0n) is 12.3. The van der Waals surface area contributed by atoms with Gasteiger partial charge in [0, 0.05) is 10.2 Å². The highest BCUT2D eigenvalue weighted by Crippen LogP contribution is 2.39. The van der Waals surface area contributed by atoms with Crippen LogP contribution in [0.5, 0.6) is 5.75 Å². The summed E-state index contributed by atoms with van der Waals surface area (Å²) in [6.45, 7) is 0. The molecule has 0 aliphatic heterocycles. The molecule has 0 aliphatic carbocycles. The average Bonchev–Trinajstić information content (AvgIpc) is 2.59. The predicted molar refractivity (Wildman–Crippen MR) is 98.6 cm³/mol. The molecular formula is C19H17OPS. The van der Waals surface area contributed by atoms with Crippen LogP contribution in [-0.4, -0.2) is 11.4 Å². The molecule has 0 atom stereocenters. The molecule has 0 heterocycles. The van der Waals surface area contributed by atoms with E-state index in [0.717, 1.165) is 10.2 Å². The predicted octanol–water partition coefficient (Wildman–Crippen LogP) is 3.87. The van der Waals surface area contributed by atoms with E-state index in [9.17, 15) is 5.11 Å². The third kappa shape index (κ3) is 3.04. The third-order valence-electron chi connectivity index (χ3n) is 3.47. The van der Waals surface area contributed by atoms with Crippen LogP contribution in [0, 0.1) is 0 Å². The van der Waals surface area contributed by atoms with Gasteiger partial charge >= 0.3 is 0 Å². The molecule has 0 aliphatic rings. The summed E-state index contributed by atoms with van der Waals surface area (Å²) < 4.78 is 0. The molecule has 0 amide bonds. The molecule has 110 valence electrons. The van der Waals surface area contributed by atoms with Crippen LogP contribution in [0.2, 0.25) is 0 Å². The maximum atomic E-state index is 10.7. The standard InChI is InChI=1S/C19H17OPS/c1-22-18-14-8-13-17(19(18)20)21(15-9-4-2-5-10-15)16-11-6-3-7-12-16/h2-14,20H,1H3. The number of phenolic OH excluding ortho intramolecular Hbond substituents is 1. The Hall–Kier alpha value is -1.76. The number of hydrogen-bond acceptors (Lipinski definition) is 2. The maximum absolute atomic E-state index is 10.7. The van der Waals surface area contributed by atoms with E-state index in [4.69, 9.17) is 0 Å². The van der Waals surface area contributed by atoms with E-state index in [1.165, 1.54) is 10.6 Å². The van der Waals surface area contributed by atoms with Crippen LogP contribution in [0.15, 0.2) is 83.8 Å². The molecule has 3 aromatic rings. The Morgan fingerprint density at radius 3 is 1.77 bits per heavy atom. The van der Waals surface area contributed by atoms with Crippen molar-refractivity contribution in [3.63, 3.8) is 0 Å². The lowest BCUT2D eigenvalue weighted by Gasteiger charge is -2.21. The highest BCUT2D eigenvalue weighted by molar-refractivity contribution is 7.98. The first kappa shape index (κ1) is 15.1. The smallest absolute Gasteiger partial charge is 0.137 e. The first-order chi connectivity index (χ1) is 10.8. The molecule has 3 heteroatoms. The average molecular weight is 324 g/mol. The van der Waals surface area contributed by atoms with Crippen molar-refractivity contribution in [1.82, 2.24) is 0 Å². The van der Waals surface area contributed by atoms with Gasteiger partial charge in [-0.15, -0.1) is 11.8 Å². The zero-order valence-corrected chi connectivity index (χ0v) is 14.0. The number of benzene rings is 3. The topological polar surface area (TPSA) is 20.2 Å². The van der Waals surface area contributed by atoms with Gasteiger partial charge in [0.2, 0.25) is 0 Å². The van der Waals surface area contributed by atoms with Crippen LogP contribution >= 0.6 is 19.7 Å². The minimum Gasteiger partial charge on any atom is -0.506 e. The van der Waals surface area contributed by atoms with E-state index in [1.54, 1.807) is 11.8 Å². The van der Waals surface area contributed by atoms with Crippen LogP contribution < -0.4 is 15.9 Å². The van der Waals surface area contributed by atoms with Crippen LogP contribution in [-0.2, 0) is 0 Å². The number of para-hydroxylation sites is 1. The molecule has 0 fully saturated rings. The first-order valence-electron chi connectivity index (χ1n) is 7.07. The van der Waals surface area contributed by atoms with Gasteiger partial charge < -0.3 is 5.11 Å². The molecule has 0 bridgehead atoms. The maximum Gasteiger partial charge on any atom is 0.137 e. The van der Waals surface area contributed by atoms with Crippen molar-refractivity contribution < 1.29 is 5.11 Å². The van der Waals surface area contributed by atoms with Gasteiger partial charge in [-0.05, 0) is 30.9 Å². The highest BCUT2D eigenvalue weighted by Gasteiger charge is 2.20. The van der Waals surface area contributed by atoms with E-state index in [2.05, 4.69) is 48.5 Å². The van der Waals surface area contributed by atoms with E-state index >= 15 is 0 Å². The zero-order chi connectivity index (χ0) is 15.4. The summed E-state index contributed by atoms with van der Waals surface area (Å²) in [4.78, 5) is 0.928. The van der Waals surface area contributed by atoms with Gasteiger partial charge in [0.1, 0.15) is 5.75 Å². The second-order valence-corrected chi connectivity index (χ2v) is 7.87. The molecule has 0 saturated carbocycles. The Kier molecular flexibility index (Phi) is 4.82. The quantitative estimate of drug-likeness (QED) is 0.581. The summed E-state index contributed by atoms with van der Waals surface area (Å²) in [5.74, 6) is 0.411. The van der Waals surface area contributed by atoms with Crippen molar-refractivity contribution in [2.45, 2.75) is 4.90 Å². The Balaban J connectivity index is 2.19. The Labute approximate surface area is 136 Å². The molecule has 0 spiro atoms. The summed E-state index contributed by atoms with van der Waals surface area (Å²) in [6, 6.07) is 26.9. The lowest BCUT2D eigenvalue weighted by atomic mass is 10.3. The lowest BCUT2D eigenvalue weighted by molar-refractivity contribution is 0.467. The molecule has 1 nitrogen and oxygen atoms in total. The molecule has 1 N–H and O–H groups in total. The van der Waals surface area contributed by atoms with Gasteiger partial charge in [0.05, 0.1) is 0 Å². The van der Waals surface area contributed by atoms with Crippen LogP contribution in [0.1, 0.15) is 0 Å². The highest BCUT2D eigenvalue weighted by atomic mass is 32.2. The number of rotatable bonds is 4. The Morgan fingerprint density at radius 2 is 1.27 bits per heavy atom. The van der Waals surface area contributed by atoms with Gasteiger partial charge in [-0.3, -0.25) is 0 Å². The van der Waals surface area contributed by atoms with Crippen LogP contribution in [0.4, 0.5) is 0 Å². The largest absolute Gasteiger partial charge is 0.506 e. The number of hydrogen-bond donors (Lipinski definition) is 1. The van der Waals surface area contributed by atoms with Crippen molar-refractivity contribution in [2.24, 2.45) is 0 Å². The molecule has 0 aromatic heterocycles. The molecule has 3 rings (SSSR count). The normalized spacial score (nSPS) is 10.8. The van der Waals surface area contributed by atoms with Gasteiger partial charge in [-0.1, -0.05) is 72.8 Å². The van der Waals surface area contributed by atoms with Crippen molar-refractivity contribution in [1.29, 1.82) is 0 Å². The minimum absolute atomic E-state index is 0.411. The molecule has 0 saturated heterocycles. The fourth-order valence-corrected chi connectivity index (χ4v) is 5.39. The second-order valence-electron chi connectivity index (χ2n) is 4.83. The summed E-state index contributed by atoms with van der Waals surface area (Å²) in [5.41, 5.74) is 0. The van der Waals surface area contributed by atoms with Crippen LogP contribution in [0.3, 0.4) is 0 Å². The molecule has 0 radical (unpaired) electrons. The first-order valence-corrected chi connectivity index (χ1v) is 9.64. The summed E-state index contributed by atoms with van der Waals surface area (Å²) in [5, 5.41) is 14.2. The Morgan fingerprint density at radius 1 is 0.727 bits per heavy atom. The van der Waals surface area contributed by atoms with Crippen molar-refractivity contribution in [3.05, 3.63) is 78.9 Å². The molecule has 22 heavy (non-hydrogen) atoms. The summed E-state index contributed by atoms with van der Waals surface area (Å²) in [7, 11) is -0.752. The summed E-state index contributed by atoms with van der Waals surface area (Å²) >= 11 is 1.58. The van der Waals surface area contributed by atoms with Gasteiger partial charge in [0.25, 0.3) is 0 Å². The monoisotopic (exact) mass is 324 g/mol. The number of thioether (sulfide) groups is 1. The lowest BCUT2D eigenvalue weighted by Crippen LogP contribution is -2.20. The van der Waals surface area contributed by atoms with E-state index in [0.29, 0.717) is 5.75 Å². The van der Waals surface area contributed by atoms with Gasteiger partial charge in [0.15, 0.2) is 0 Å². The van der Waals surface area contributed by atoms with Crippen molar-refractivity contribution in [2.75, 3.05) is 6.26 Å². The Bertz CT molecular complexity index is 704. The van der Waals surface area contributed by atoms with Gasteiger partial charge in [-0.25, -0.2) is 0 Å². The molecular weight excluding hydrogens is 307 g/mol. The van der Waals surface area contributed by atoms with E-state index in [1.807, 2.05) is 36.6 Å². The fraction of sp³-hybridized carbons (Fsp3) is 0.0526. The van der Waals surface area contributed by atoms with E-state index < -0.39 is 7.92 Å². The van der Waals surface area contributed by atoms with E-state index in [-0.39, 0.29) is 0 Å². The summed E-state index contributed by atoms with van der Waals surface area (Å²) in [6.07, 6.45) is 1.99. The number of aromatic hydroxyl groups is 1. The number of phenols is 1.